The maximum Gasteiger partial charge on any atom is 0.255 e. The van der Waals surface area contributed by atoms with Gasteiger partial charge in [0.15, 0.2) is 0 Å². The molecule has 178 valence electrons. The molecular weight excluding hydrogens is 461 g/mol. The second-order valence-corrected chi connectivity index (χ2v) is 9.32. The van der Waals surface area contributed by atoms with E-state index in [1.807, 2.05) is 46.7 Å². The third-order valence-corrected chi connectivity index (χ3v) is 6.99. The Kier molecular flexibility index (Phi) is 6.35. The summed E-state index contributed by atoms with van der Waals surface area (Å²) in [6, 6.07) is 24.2. The highest BCUT2D eigenvalue weighted by atomic mass is 35.5. The monoisotopic (exact) mass is 487 g/mol. The second-order valence-electron chi connectivity index (χ2n) is 8.89. The molecule has 1 aromatic heterocycles. The fourth-order valence-electron chi connectivity index (χ4n) is 4.84. The van der Waals surface area contributed by atoms with E-state index in [9.17, 15) is 9.18 Å². The zero-order valence-electron chi connectivity index (χ0n) is 19.8. The van der Waals surface area contributed by atoms with Crippen molar-refractivity contribution in [3.05, 3.63) is 107 Å². The van der Waals surface area contributed by atoms with Crippen LogP contribution in [0, 0.1) is 19.7 Å². The van der Waals surface area contributed by atoms with Crippen molar-refractivity contribution in [2.45, 2.75) is 13.8 Å². The molecule has 2 heterocycles. The molecule has 1 aliphatic rings. The summed E-state index contributed by atoms with van der Waals surface area (Å²) >= 11 is 6.10. The Morgan fingerprint density at radius 2 is 1.46 bits per heavy atom. The molecule has 4 aromatic rings. The molecule has 0 atom stereocenters. The van der Waals surface area contributed by atoms with E-state index in [1.54, 1.807) is 30.3 Å². The quantitative estimate of drug-likeness (QED) is 0.328. The number of carbonyl (C=O) groups excluding carboxylic acids is 1. The summed E-state index contributed by atoms with van der Waals surface area (Å²) in [5, 5.41) is 0.622. The molecule has 6 heteroatoms. The predicted molar refractivity (Wildman–Crippen MR) is 140 cm³/mol. The zero-order chi connectivity index (χ0) is 24.5. The number of hydrogen-bond acceptors (Lipinski definition) is 2. The number of para-hydroxylation sites is 2. The molecule has 0 radical (unpaired) electrons. The van der Waals surface area contributed by atoms with Crippen LogP contribution >= 0.6 is 11.6 Å². The molecule has 0 aliphatic carbocycles. The van der Waals surface area contributed by atoms with Gasteiger partial charge in [-0.15, -0.1) is 0 Å². The van der Waals surface area contributed by atoms with Gasteiger partial charge in [0.1, 0.15) is 5.82 Å². The summed E-state index contributed by atoms with van der Waals surface area (Å²) < 4.78 is 16.7. The van der Waals surface area contributed by atoms with E-state index in [1.165, 1.54) is 17.3 Å². The highest BCUT2D eigenvalue weighted by Crippen LogP contribution is 2.32. The average Bonchev–Trinajstić information content (AvgIpc) is 3.21. The minimum absolute atomic E-state index is 0.0303. The van der Waals surface area contributed by atoms with Gasteiger partial charge in [0, 0.05) is 42.6 Å². The van der Waals surface area contributed by atoms with Crippen molar-refractivity contribution < 1.29 is 9.18 Å². The lowest BCUT2D eigenvalue weighted by Gasteiger charge is -2.36. The molecular formula is C29H27ClFN3O. The summed E-state index contributed by atoms with van der Waals surface area (Å²) in [5.41, 5.74) is 5.78. The van der Waals surface area contributed by atoms with Crippen LogP contribution in [0.2, 0.25) is 5.02 Å². The smallest absolute Gasteiger partial charge is 0.255 e. The minimum atomic E-state index is -0.341. The standard InChI is InChI=1S/C29H27ClFN3O/c1-20-7-3-5-9-26(20)32-15-17-33(18-16-32)29(35)24-19-28(22-11-13-23(30)14-12-22)34(21(24)2)27-10-6-4-8-25(27)31/h3-14,19H,15-18H2,1-2H3. The van der Waals surface area contributed by atoms with Crippen LogP contribution in [0.5, 0.6) is 0 Å². The normalized spacial score (nSPS) is 13.8. The Labute approximate surface area is 210 Å². The number of hydrogen-bond donors (Lipinski definition) is 0. The van der Waals surface area contributed by atoms with E-state index >= 15 is 0 Å². The fourth-order valence-corrected chi connectivity index (χ4v) is 4.96. The highest BCUT2D eigenvalue weighted by molar-refractivity contribution is 6.30. The molecule has 0 N–H and O–H groups in total. The van der Waals surface area contributed by atoms with Gasteiger partial charge in [-0.1, -0.05) is 54.1 Å². The molecule has 1 aliphatic heterocycles. The number of piperazine rings is 1. The van der Waals surface area contributed by atoms with Crippen molar-refractivity contribution in [2.24, 2.45) is 0 Å². The van der Waals surface area contributed by atoms with E-state index in [-0.39, 0.29) is 11.7 Å². The van der Waals surface area contributed by atoms with E-state index in [0.717, 1.165) is 24.3 Å². The number of nitrogens with zero attached hydrogens (tertiary/aromatic N) is 3. The number of aromatic nitrogens is 1. The first-order valence-corrected chi connectivity index (χ1v) is 12.1. The molecule has 3 aromatic carbocycles. The van der Waals surface area contributed by atoms with Crippen molar-refractivity contribution in [1.82, 2.24) is 9.47 Å². The third kappa shape index (κ3) is 4.44. The van der Waals surface area contributed by atoms with Gasteiger partial charge in [-0.25, -0.2) is 4.39 Å². The number of carbonyl (C=O) groups is 1. The Balaban J connectivity index is 1.48. The van der Waals surface area contributed by atoms with Gasteiger partial charge in [-0.05, 0) is 61.4 Å². The SMILES string of the molecule is Cc1ccccc1N1CCN(C(=O)c2cc(-c3ccc(Cl)cc3)n(-c3ccccc3F)c2C)CC1. The lowest BCUT2D eigenvalue weighted by Crippen LogP contribution is -2.49. The third-order valence-electron chi connectivity index (χ3n) is 6.73. The van der Waals surface area contributed by atoms with Crippen LogP contribution in [-0.4, -0.2) is 41.6 Å². The summed E-state index contributed by atoms with van der Waals surface area (Å²) in [6.07, 6.45) is 0. The van der Waals surface area contributed by atoms with Crippen LogP contribution in [0.15, 0.2) is 78.9 Å². The van der Waals surface area contributed by atoms with Crippen molar-refractivity contribution in [3.63, 3.8) is 0 Å². The van der Waals surface area contributed by atoms with Crippen molar-refractivity contribution in [3.8, 4) is 16.9 Å². The van der Waals surface area contributed by atoms with Crippen molar-refractivity contribution >= 4 is 23.2 Å². The van der Waals surface area contributed by atoms with Gasteiger partial charge >= 0.3 is 0 Å². The van der Waals surface area contributed by atoms with Crippen LogP contribution in [-0.2, 0) is 0 Å². The molecule has 4 nitrogen and oxygen atoms in total. The first kappa shape index (κ1) is 23.2. The number of anilines is 1. The highest BCUT2D eigenvalue weighted by Gasteiger charge is 2.27. The van der Waals surface area contributed by atoms with Gasteiger partial charge in [-0.3, -0.25) is 4.79 Å². The number of amides is 1. The summed E-state index contributed by atoms with van der Waals surface area (Å²) in [5.74, 6) is -0.371. The van der Waals surface area contributed by atoms with Gasteiger partial charge in [-0.2, -0.15) is 0 Å². The molecule has 0 unspecified atom stereocenters. The molecule has 0 saturated carbocycles. The predicted octanol–water partition coefficient (Wildman–Crippen LogP) is 6.52. The van der Waals surface area contributed by atoms with Crippen LogP contribution in [0.4, 0.5) is 10.1 Å². The average molecular weight is 488 g/mol. The zero-order valence-corrected chi connectivity index (χ0v) is 20.6. The van der Waals surface area contributed by atoms with E-state index in [2.05, 4.69) is 24.0 Å². The maximum atomic E-state index is 14.9. The largest absolute Gasteiger partial charge is 0.368 e. The van der Waals surface area contributed by atoms with Gasteiger partial charge in [0.25, 0.3) is 5.91 Å². The number of halogens is 2. The summed E-state index contributed by atoms with van der Waals surface area (Å²) in [4.78, 5) is 17.9. The Hall–Kier alpha value is -3.57. The van der Waals surface area contributed by atoms with Gasteiger partial charge < -0.3 is 14.4 Å². The topological polar surface area (TPSA) is 28.5 Å². The van der Waals surface area contributed by atoms with E-state index < -0.39 is 0 Å². The second kappa shape index (κ2) is 9.59. The van der Waals surface area contributed by atoms with Crippen molar-refractivity contribution in [1.29, 1.82) is 0 Å². The lowest BCUT2D eigenvalue weighted by molar-refractivity contribution is 0.0746. The van der Waals surface area contributed by atoms with Crippen LogP contribution in [0.1, 0.15) is 21.6 Å². The number of rotatable bonds is 4. The van der Waals surface area contributed by atoms with Crippen LogP contribution in [0.25, 0.3) is 16.9 Å². The lowest BCUT2D eigenvalue weighted by atomic mass is 10.1. The molecule has 1 saturated heterocycles. The van der Waals surface area contributed by atoms with E-state index in [4.69, 9.17) is 11.6 Å². The van der Waals surface area contributed by atoms with Crippen LogP contribution in [0.3, 0.4) is 0 Å². The Morgan fingerprint density at radius 1 is 0.829 bits per heavy atom. The molecule has 0 spiro atoms. The maximum absolute atomic E-state index is 14.9. The molecule has 35 heavy (non-hydrogen) atoms. The van der Waals surface area contributed by atoms with Crippen LogP contribution < -0.4 is 4.90 Å². The molecule has 5 rings (SSSR count). The van der Waals surface area contributed by atoms with Gasteiger partial charge in [0.2, 0.25) is 0 Å². The number of benzene rings is 3. The molecule has 1 fully saturated rings. The van der Waals surface area contributed by atoms with E-state index in [0.29, 0.717) is 35.1 Å². The fraction of sp³-hybridized carbons (Fsp3) is 0.207. The Bertz CT molecular complexity index is 1370. The van der Waals surface area contributed by atoms with Gasteiger partial charge in [0.05, 0.1) is 16.9 Å². The minimum Gasteiger partial charge on any atom is -0.368 e. The number of aryl methyl sites for hydroxylation is 1. The summed E-state index contributed by atoms with van der Waals surface area (Å²) in [6.45, 7) is 6.80. The van der Waals surface area contributed by atoms with Crippen molar-refractivity contribution in [2.75, 3.05) is 31.1 Å². The Morgan fingerprint density at radius 3 is 2.11 bits per heavy atom. The first-order chi connectivity index (χ1) is 16.9. The molecule has 1 amide bonds. The molecule has 0 bridgehead atoms. The summed E-state index contributed by atoms with van der Waals surface area (Å²) in [7, 11) is 0. The first-order valence-electron chi connectivity index (χ1n) is 11.8.